The average Bonchev–Trinajstić information content (AvgIpc) is 2.80. The predicted octanol–water partition coefficient (Wildman–Crippen LogP) is 3.88. The lowest BCUT2D eigenvalue weighted by molar-refractivity contribution is -0.135. The number of likely N-dealkylation sites (N-methyl/N-ethyl adjacent to an activating group) is 1. The van der Waals surface area contributed by atoms with Crippen molar-refractivity contribution >= 4 is 5.91 Å². The summed E-state index contributed by atoms with van der Waals surface area (Å²) in [5.41, 5.74) is 3.06. The molecular weight excluding hydrogens is 405 g/mol. The van der Waals surface area contributed by atoms with Crippen LogP contribution in [0.3, 0.4) is 0 Å². The van der Waals surface area contributed by atoms with Gasteiger partial charge in [-0.1, -0.05) is 25.1 Å². The summed E-state index contributed by atoms with van der Waals surface area (Å²) in [6.45, 7) is 8.76. The van der Waals surface area contributed by atoms with E-state index in [1.54, 1.807) is 12.1 Å². The van der Waals surface area contributed by atoms with E-state index in [1.807, 2.05) is 17.0 Å². The summed E-state index contributed by atoms with van der Waals surface area (Å²) in [4.78, 5) is 19.4. The quantitative estimate of drug-likeness (QED) is 0.685. The smallest absolute Gasteiger partial charge is 0.260 e. The van der Waals surface area contributed by atoms with Gasteiger partial charge in [0.15, 0.2) is 6.61 Å². The van der Waals surface area contributed by atoms with Crippen LogP contribution in [0.4, 0.5) is 4.39 Å². The number of hydrogen-bond acceptors (Lipinski definition) is 4. The fourth-order valence-corrected chi connectivity index (χ4v) is 4.56. The molecule has 0 aromatic heterocycles. The molecule has 2 saturated heterocycles. The third-order valence-electron chi connectivity index (χ3n) is 6.59. The highest BCUT2D eigenvalue weighted by Crippen LogP contribution is 2.29. The number of benzene rings is 2. The first-order chi connectivity index (χ1) is 15.5. The van der Waals surface area contributed by atoms with Crippen molar-refractivity contribution in [1.82, 2.24) is 14.7 Å². The Morgan fingerprint density at radius 3 is 2.47 bits per heavy atom. The summed E-state index contributed by atoms with van der Waals surface area (Å²) in [6.07, 6.45) is 2.25. The Bertz CT molecular complexity index is 910. The van der Waals surface area contributed by atoms with Crippen LogP contribution in [0.2, 0.25) is 0 Å². The maximum Gasteiger partial charge on any atom is 0.260 e. The molecule has 0 bridgehead atoms. The fourth-order valence-electron chi connectivity index (χ4n) is 4.56. The molecule has 2 aliphatic rings. The topological polar surface area (TPSA) is 36.0 Å². The molecule has 2 aromatic rings. The van der Waals surface area contributed by atoms with Crippen molar-refractivity contribution in [3.05, 3.63) is 53.8 Å². The molecule has 6 heteroatoms. The van der Waals surface area contributed by atoms with Crippen molar-refractivity contribution < 1.29 is 13.9 Å². The van der Waals surface area contributed by atoms with E-state index >= 15 is 0 Å². The van der Waals surface area contributed by atoms with Gasteiger partial charge in [0.1, 0.15) is 11.6 Å². The Balaban J connectivity index is 1.50. The number of carbonyl (C=O) groups is 1. The van der Waals surface area contributed by atoms with Crippen LogP contribution in [0.15, 0.2) is 42.5 Å². The number of rotatable bonds is 6. The van der Waals surface area contributed by atoms with Crippen LogP contribution in [-0.2, 0) is 11.3 Å². The third-order valence-corrected chi connectivity index (χ3v) is 6.59. The first-order valence-corrected chi connectivity index (χ1v) is 11.7. The molecule has 0 unspecified atom stereocenters. The van der Waals surface area contributed by atoms with Gasteiger partial charge >= 0.3 is 0 Å². The first kappa shape index (κ1) is 22.7. The Morgan fingerprint density at radius 1 is 1.03 bits per heavy atom. The number of likely N-dealkylation sites (tertiary alicyclic amines) is 1. The van der Waals surface area contributed by atoms with Gasteiger partial charge in [-0.25, -0.2) is 4.39 Å². The lowest BCUT2D eigenvalue weighted by Gasteiger charge is -2.33. The second-order valence-electron chi connectivity index (χ2n) is 9.28. The molecule has 172 valence electrons. The van der Waals surface area contributed by atoms with Gasteiger partial charge in [-0.2, -0.15) is 0 Å². The first-order valence-electron chi connectivity index (χ1n) is 11.7. The van der Waals surface area contributed by atoms with Crippen LogP contribution in [0.25, 0.3) is 11.1 Å². The van der Waals surface area contributed by atoms with Crippen molar-refractivity contribution in [2.45, 2.75) is 26.3 Å². The highest BCUT2D eigenvalue weighted by atomic mass is 19.1. The van der Waals surface area contributed by atoms with Crippen molar-refractivity contribution in [2.24, 2.45) is 5.92 Å². The number of amides is 1. The minimum absolute atomic E-state index is 0.0599. The molecule has 4 rings (SSSR count). The van der Waals surface area contributed by atoms with Crippen molar-refractivity contribution in [3.8, 4) is 16.9 Å². The monoisotopic (exact) mass is 439 g/mol. The largest absolute Gasteiger partial charge is 0.483 e. The van der Waals surface area contributed by atoms with Crippen LogP contribution < -0.4 is 4.74 Å². The lowest BCUT2D eigenvalue weighted by Crippen LogP contribution is -2.44. The standard InChI is InChI=1S/C26H34FN3O2/c1-20-4-3-11-30(17-20)26(31)19-32-25-10-7-22(21-5-8-24(27)9-6-21)16-23(25)18-29-14-12-28(2)13-15-29/h5-10,16,20H,3-4,11-15,17-19H2,1-2H3/t20-/m0/s1. The summed E-state index contributed by atoms with van der Waals surface area (Å²) < 4.78 is 19.4. The molecule has 2 aromatic carbocycles. The molecule has 1 amide bonds. The van der Waals surface area contributed by atoms with Crippen LogP contribution in [0, 0.1) is 11.7 Å². The fraction of sp³-hybridized carbons (Fsp3) is 0.500. The van der Waals surface area contributed by atoms with E-state index in [0.717, 1.165) is 74.7 Å². The lowest BCUT2D eigenvalue weighted by atomic mass is 10.0. The van der Waals surface area contributed by atoms with Crippen LogP contribution in [-0.4, -0.2) is 73.5 Å². The molecule has 2 aliphatic heterocycles. The van der Waals surface area contributed by atoms with Gasteiger partial charge in [0.25, 0.3) is 5.91 Å². The van der Waals surface area contributed by atoms with Gasteiger partial charge < -0.3 is 14.5 Å². The Kier molecular flexibility index (Phi) is 7.43. The maximum atomic E-state index is 13.4. The summed E-state index contributed by atoms with van der Waals surface area (Å²) in [5.74, 6) is 1.13. The molecule has 0 N–H and O–H groups in total. The minimum atomic E-state index is -0.239. The molecule has 1 atom stereocenters. The highest BCUT2D eigenvalue weighted by Gasteiger charge is 2.22. The second kappa shape index (κ2) is 10.5. The number of hydrogen-bond donors (Lipinski definition) is 0. The van der Waals surface area contributed by atoms with Gasteiger partial charge in [-0.3, -0.25) is 9.69 Å². The molecule has 5 nitrogen and oxygen atoms in total. The SMILES string of the molecule is C[C@H]1CCCN(C(=O)COc2ccc(-c3ccc(F)cc3)cc2CN2CCN(C)CC2)C1. The zero-order chi connectivity index (χ0) is 22.5. The van der Waals surface area contributed by atoms with Crippen LogP contribution in [0.1, 0.15) is 25.3 Å². The van der Waals surface area contributed by atoms with Gasteiger partial charge in [0.2, 0.25) is 0 Å². The number of halogens is 1. The van der Waals surface area contributed by atoms with Crippen molar-refractivity contribution in [1.29, 1.82) is 0 Å². The zero-order valence-corrected chi connectivity index (χ0v) is 19.2. The number of piperazine rings is 1. The highest BCUT2D eigenvalue weighted by molar-refractivity contribution is 5.78. The normalized spacial score (nSPS) is 20.3. The summed E-state index contributed by atoms with van der Waals surface area (Å²) >= 11 is 0. The number of piperidine rings is 1. The van der Waals surface area contributed by atoms with E-state index in [9.17, 15) is 9.18 Å². The number of carbonyl (C=O) groups excluding carboxylic acids is 1. The van der Waals surface area contributed by atoms with E-state index in [-0.39, 0.29) is 18.3 Å². The molecule has 0 saturated carbocycles. The summed E-state index contributed by atoms with van der Waals surface area (Å²) in [5, 5.41) is 0. The predicted molar refractivity (Wildman–Crippen MR) is 125 cm³/mol. The molecule has 32 heavy (non-hydrogen) atoms. The van der Waals surface area contributed by atoms with E-state index in [4.69, 9.17) is 4.74 Å². The average molecular weight is 440 g/mol. The molecule has 2 fully saturated rings. The minimum Gasteiger partial charge on any atom is -0.483 e. The zero-order valence-electron chi connectivity index (χ0n) is 19.2. The maximum absolute atomic E-state index is 13.4. The molecule has 0 spiro atoms. The summed E-state index contributed by atoms with van der Waals surface area (Å²) in [6, 6.07) is 12.6. The summed E-state index contributed by atoms with van der Waals surface area (Å²) in [7, 11) is 2.15. The van der Waals surface area contributed by atoms with E-state index in [0.29, 0.717) is 5.92 Å². The number of ether oxygens (including phenoxy) is 1. The van der Waals surface area contributed by atoms with E-state index < -0.39 is 0 Å². The van der Waals surface area contributed by atoms with Gasteiger partial charge in [0, 0.05) is 51.4 Å². The third kappa shape index (κ3) is 5.87. The molecule has 0 radical (unpaired) electrons. The van der Waals surface area contributed by atoms with Gasteiger partial charge in [-0.05, 0) is 61.2 Å². The van der Waals surface area contributed by atoms with E-state index in [1.165, 1.54) is 18.6 Å². The molecule has 2 heterocycles. The number of nitrogens with zero attached hydrogens (tertiary/aromatic N) is 3. The van der Waals surface area contributed by atoms with Crippen LogP contribution >= 0.6 is 0 Å². The Labute approximate surface area is 190 Å². The van der Waals surface area contributed by atoms with Crippen LogP contribution in [0.5, 0.6) is 5.75 Å². The Hall–Kier alpha value is -2.44. The van der Waals surface area contributed by atoms with E-state index in [2.05, 4.69) is 29.8 Å². The second-order valence-corrected chi connectivity index (χ2v) is 9.28. The molecule has 0 aliphatic carbocycles. The van der Waals surface area contributed by atoms with Crippen molar-refractivity contribution in [2.75, 3.05) is 52.9 Å². The van der Waals surface area contributed by atoms with Gasteiger partial charge in [-0.15, -0.1) is 0 Å². The Morgan fingerprint density at radius 2 is 1.75 bits per heavy atom. The molecular formula is C26H34FN3O2. The van der Waals surface area contributed by atoms with Crippen molar-refractivity contribution in [3.63, 3.8) is 0 Å². The van der Waals surface area contributed by atoms with Gasteiger partial charge in [0.05, 0.1) is 0 Å².